The summed E-state index contributed by atoms with van der Waals surface area (Å²) in [4.78, 5) is 0. The van der Waals surface area contributed by atoms with E-state index in [9.17, 15) is 21.6 Å². The van der Waals surface area contributed by atoms with E-state index in [-0.39, 0.29) is 12.1 Å². The van der Waals surface area contributed by atoms with Crippen molar-refractivity contribution >= 4 is 10.0 Å². The molecule has 0 amide bonds. The molecule has 0 aromatic rings. The van der Waals surface area contributed by atoms with Crippen molar-refractivity contribution in [2.24, 2.45) is 0 Å². The van der Waals surface area contributed by atoms with Gasteiger partial charge < -0.3 is 5.32 Å². The molecular weight excluding hydrogens is 269 g/mol. The molecule has 1 rings (SSSR count). The third kappa shape index (κ3) is 6.01. The maximum Gasteiger partial charge on any atom is 0.389 e. The first kappa shape index (κ1) is 15.7. The van der Waals surface area contributed by atoms with Gasteiger partial charge in [0.2, 0.25) is 10.0 Å². The predicted molar refractivity (Wildman–Crippen MR) is 62.7 cm³/mol. The molecular formula is C10H19F3N2O2S. The fraction of sp³-hybridized carbons (Fsp3) is 1.00. The molecule has 1 aliphatic rings. The minimum absolute atomic E-state index is 0.0103. The lowest BCUT2D eigenvalue weighted by atomic mass is 10.0. The first-order valence-corrected chi connectivity index (χ1v) is 7.65. The Hall–Kier alpha value is -0.340. The summed E-state index contributed by atoms with van der Waals surface area (Å²) in [6.45, 7) is 2.70. The molecule has 0 bridgehead atoms. The van der Waals surface area contributed by atoms with Gasteiger partial charge in [-0.15, -0.1) is 0 Å². The molecule has 0 aromatic carbocycles. The topological polar surface area (TPSA) is 58.2 Å². The Kier molecular flexibility index (Phi) is 5.42. The van der Waals surface area contributed by atoms with Crippen molar-refractivity contribution in [1.82, 2.24) is 10.0 Å². The molecule has 1 aliphatic heterocycles. The van der Waals surface area contributed by atoms with E-state index in [1.807, 2.05) is 6.92 Å². The lowest BCUT2D eigenvalue weighted by Crippen LogP contribution is -2.52. The van der Waals surface area contributed by atoms with Crippen LogP contribution in [0.3, 0.4) is 0 Å². The van der Waals surface area contributed by atoms with Crippen LogP contribution < -0.4 is 10.0 Å². The monoisotopic (exact) mass is 288 g/mol. The lowest BCUT2D eigenvalue weighted by Gasteiger charge is -2.30. The maximum absolute atomic E-state index is 11.9. The van der Waals surface area contributed by atoms with E-state index >= 15 is 0 Å². The van der Waals surface area contributed by atoms with Crippen LogP contribution in [0.4, 0.5) is 13.2 Å². The molecule has 0 spiro atoms. The van der Waals surface area contributed by atoms with Gasteiger partial charge in [-0.25, -0.2) is 13.1 Å². The van der Waals surface area contributed by atoms with Gasteiger partial charge in [-0.1, -0.05) is 0 Å². The van der Waals surface area contributed by atoms with E-state index < -0.39 is 34.8 Å². The Balaban J connectivity index is 2.39. The van der Waals surface area contributed by atoms with Crippen LogP contribution in [0.1, 0.15) is 32.6 Å². The minimum atomic E-state index is -4.30. The molecule has 1 fully saturated rings. The van der Waals surface area contributed by atoms with Crippen molar-refractivity contribution in [3.8, 4) is 0 Å². The second-order valence-corrected chi connectivity index (χ2v) is 6.52. The van der Waals surface area contributed by atoms with Gasteiger partial charge in [0.15, 0.2) is 0 Å². The first-order valence-electron chi connectivity index (χ1n) is 6.00. The highest BCUT2D eigenvalue weighted by molar-refractivity contribution is 7.89. The van der Waals surface area contributed by atoms with E-state index in [4.69, 9.17) is 0 Å². The molecule has 2 atom stereocenters. The van der Waals surface area contributed by atoms with Crippen LogP contribution in [-0.2, 0) is 10.0 Å². The number of nitrogens with one attached hydrogen (secondary N) is 2. The second-order valence-electron chi connectivity index (χ2n) is 4.65. The summed E-state index contributed by atoms with van der Waals surface area (Å²) in [6, 6.07) is -0.217. The van der Waals surface area contributed by atoms with Crippen LogP contribution in [-0.4, -0.2) is 39.0 Å². The van der Waals surface area contributed by atoms with Crippen molar-refractivity contribution in [2.45, 2.75) is 50.9 Å². The van der Waals surface area contributed by atoms with Gasteiger partial charge in [0.05, 0.1) is 5.75 Å². The Morgan fingerprint density at radius 2 is 2.06 bits per heavy atom. The Morgan fingerprint density at radius 3 is 2.61 bits per heavy atom. The quantitative estimate of drug-likeness (QED) is 0.804. The van der Waals surface area contributed by atoms with E-state index in [1.165, 1.54) is 0 Å². The maximum atomic E-state index is 11.9. The summed E-state index contributed by atoms with van der Waals surface area (Å²) >= 11 is 0. The molecule has 2 unspecified atom stereocenters. The SMILES string of the molecule is CC1NCCCC1NS(=O)(=O)CCCC(F)(F)F. The van der Waals surface area contributed by atoms with E-state index in [2.05, 4.69) is 10.0 Å². The average molecular weight is 288 g/mol. The van der Waals surface area contributed by atoms with E-state index in [0.29, 0.717) is 6.42 Å². The van der Waals surface area contributed by atoms with Gasteiger partial charge in [-0.05, 0) is 32.7 Å². The molecule has 1 saturated heterocycles. The standard InChI is InChI=1S/C10H19F3N2O2S/c1-8-9(4-2-6-14-8)15-18(16,17)7-3-5-10(11,12)13/h8-9,14-15H,2-7H2,1H3. The fourth-order valence-corrected chi connectivity index (χ4v) is 3.38. The number of rotatable bonds is 5. The molecule has 0 aromatic heterocycles. The lowest BCUT2D eigenvalue weighted by molar-refractivity contribution is -0.134. The van der Waals surface area contributed by atoms with Gasteiger partial charge in [-0.3, -0.25) is 0 Å². The van der Waals surface area contributed by atoms with Crippen molar-refractivity contribution in [1.29, 1.82) is 0 Å². The van der Waals surface area contributed by atoms with Crippen LogP contribution in [0, 0.1) is 0 Å². The zero-order valence-corrected chi connectivity index (χ0v) is 11.1. The smallest absolute Gasteiger partial charge is 0.313 e. The average Bonchev–Trinajstić information content (AvgIpc) is 2.18. The number of piperidine rings is 1. The summed E-state index contributed by atoms with van der Waals surface area (Å²) in [6.07, 6.45) is -4.18. The number of hydrogen-bond acceptors (Lipinski definition) is 3. The normalized spacial score (nSPS) is 26.2. The first-order chi connectivity index (χ1) is 8.20. The highest BCUT2D eigenvalue weighted by atomic mass is 32.2. The zero-order valence-electron chi connectivity index (χ0n) is 10.3. The van der Waals surface area contributed by atoms with Gasteiger partial charge in [-0.2, -0.15) is 13.2 Å². The predicted octanol–water partition coefficient (Wildman–Crippen LogP) is 1.39. The second kappa shape index (κ2) is 6.21. The van der Waals surface area contributed by atoms with Crippen molar-refractivity contribution < 1.29 is 21.6 Å². The summed E-state index contributed by atoms with van der Waals surface area (Å²) in [7, 11) is -3.63. The van der Waals surface area contributed by atoms with Gasteiger partial charge >= 0.3 is 6.18 Å². The van der Waals surface area contributed by atoms with Gasteiger partial charge in [0.25, 0.3) is 0 Å². The highest BCUT2D eigenvalue weighted by Gasteiger charge is 2.29. The van der Waals surface area contributed by atoms with Gasteiger partial charge in [0.1, 0.15) is 0 Å². The number of halogens is 3. The third-order valence-electron chi connectivity index (χ3n) is 2.97. The van der Waals surface area contributed by atoms with Crippen LogP contribution in [0.15, 0.2) is 0 Å². The zero-order chi connectivity index (χ0) is 13.8. The van der Waals surface area contributed by atoms with Crippen LogP contribution in [0.2, 0.25) is 0 Å². The van der Waals surface area contributed by atoms with E-state index in [1.54, 1.807) is 0 Å². The molecule has 0 aliphatic carbocycles. The Morgan fingerprint density at radius 1 is 1.39 bits per heavy atom. The molecule has 0 saturated carbocycles. The van der Waals surface area contributed by atoms with Crippen molar-refractivity contribution in [3.05, 3.63) is 0 Å². The molecule has 8 heteroatoms. The van der Waals surface area contributed by atoms with Crippen molar-refractivity contribution in [3.63, 3.8) is 0 Å². The summed E-state index contributed by atoms with van der Waals surface area (Å²) < 4.78 is 61.5. The number of hydrogen-bond donors (Lipinski definition) is 2. The van der Waals surface area contributed by atoms with Gasteiger partial charge in [0, 0.05) is 18.5 Å². The largest absolute Gasteiger partial charge is 0.389 e. The van der Waals surface area contributed by atoms with Crippen LogP contribution in [0.25, 0.3) is 0 Å². The highest BCUT2D eigenvalue weighted by Crippen LogP contribution is 2.21. The summed E-state index contributed by atoms with van der Waals surface area (Å²) in [5.74, 6) is -0.476. The molecule has 1 heterocycles. The number of sulfonamides is 1. The Bertz CT molecular complexity index is 357. The molecule has 2 N–H and O–H groups in total. The minimum Gasteiger partial charge on any atom is -0.313 e. The Labute approximate surface area is 105 Å². The molecule has 4 nitrogen and oxygen atoms in total. The summed E-state index contributed by atoms with van der Waals surface area (Å²) in [5.41, 5.74) is 0. The van der Waals surface area contributed by atoms with E-state index in [0.717, 1.165) is 13.0 Å². The summed E-state index contributed by atoms with van der Waals surface area (Å²) in [5, 5.41) is 3.13. The molecule has 108 valence electrons. The molecule has 18 heavy (non-hydrogen) atoms. The fourth-order valence-electron chi connectivity index (χ4n) is 1.96. The van der Waals surface area contributed by atoms with Crippen molar-refractivity contribution in [2.75, 3.05) is 12.3 Å². The third-order valence-corrected chi connectivity index (χ3v) is 4.45. The van der Waals surface area contributed by atoms with Crippen LogP contribution in [0.5, 0.6) is 0 Å². The van der Waals surface area contributed by atoms with Crippen LogP contribution >= 0.6 is 0 Å². The molecule has 0 radical (unpaired) electrons. The number of alkyl halides is 3.